The van der Waals surface area contributed by atoms with Crippen LogP contribution in [0.3, 0.4) is 0 Å². The molecule has 1 aliphatic rings. The fourth-order valence-electron chi connectivity index (χ4n) is 3.09. The summed E-state index contributed by atoms with van der Waals surface area (Å²) in [6.07, 6.45) is 8.06. The van der Waals surface area contributed by atoms with Crippen LogP contribution in [0.4, 0.5) is 0 Å². The predicted octanol–water partition coefficient (Wildman–Crippen LogP) is 3.48. The Balaban J connectivity index is 3.24. The first-order valence-corrected chi connectivity index (χ1v) is 7.49. The molecule has 0 fully saturated rings. The van der Waals surface area contributed by atoms with E-state index in [0.29, 0.717) is 11.3 Å². The van der Waals surface area contributed by atoms with Crippen molar-refractivity contribution in [2.75, 3.05) is 0 Å². The van der Waals surface area contributed by atoms with Gasteiger partial charge in [-0.3, -0.25) is 4.79 Å². The van der Waals surface area contributed by atoms with Crippen molar-refractivity contribution in [1.29, 1.82) is 0 Å². The van der Waals surface area contributed by atoms with E-state index in [9.17, 15) is 4.79 Å². The number of carbonyl (C=O) groups is 1. The summed E-state index contributed by atoms with van der Waals surface area (Å²) in [4.78, 5) is 11.9. The van der Waals surface area contributed by atoms with Gasteiger partial charge in [0.05, 0.1) is 0 Å². The van der Waals surface area contributed by atoms with Crippen LogP contribution < -0.4 is 11.5 Å². The summed E-state index contributed by atoms with van der Waals surface area (Å²) in [5.74, 6) is -0.352. The van der Waals surface area contributed by atoms with Crippen molar-refractivity contribution in [2.45, 2.75) is 72.6 Å². The molecule has 0 saturated carbocycles. The largest absolute Gasteiger partial charge is 0.401 e. The average Bonchev–Trinajstić information content (AvgIpc) is 2.26. The molecule has 0 heterocycles. The van der Waals surface area contributed by atoms with Crippen LogP contribution in [0.1, 0.15) is 72.6 Å². The highest BCUT2D eigenvalue weighted by molar-refractivity contribution is 5.94. The van der Waals surface area contributed by atoms with Crippen LogP contribution in [0.15, 0.2) is 11.3 Å². The van der Waals surface area contributed by atoms with Gasteiger partial charge in [-0.25, -0.2) is 0 Å². The maximum atomic E-state index is 11.9. The van der Waals surface area contributed by atoms with Gasteiger partial charge >= 0.3 is 0 Å². The lowest BCUT2D eigenvalue weighted by atomic mass is 9.73. The van der Waals surface area contributed by atoms with Crippen molar-refractivity contribution >= 4 is 5.91 Å². The third kappa shape index (κ3) is 3.99. The van der Waals surface area contributed by atoms with Gasteiger partial charge < -0.3 is 11.5 Å². The molecular weight excluding hydrogens is 236 g/mol. The summed E-state index contributed by atoms with van der Waals surface area (Å²) in [7, 11) is 0. The standard InChI is InChI=1S/C16H30N2O/c1-15(2)10-8-6-5-7-9-11-16(3,4)13(17)12(15)14(18)19/h5-11,17H2,1-4H3,(H2,18,19). The molecule has 0 aromatic rings. The van der Waals surface area contributed by atoms with Crippen LogP contribution >= 0.6 is 0 Å². The van der Waals surface area contributed by atoms with Crippen LogP contribution in [0.25, 0.3) is 0 Å². The molecule has 0 aliphatic heterocycles. The highest BCUT2D eigenvalue weighted by Gasteiger charge is 2.34. The van der Waals surface area contributed by atoms with Gasteiger partial charge in [0.1, 0.15) is 0 Å². The van der Waals surface area contributed by atoms with Crippen molar-refractivity contribution in [3.05, 3.63) is 11.3 Å². The Morgan fingerprint density at radius 1 is 0.895 bits per heavy atom. The molecule has 1 amide bonds. The first-order chi connectivity index (χ1) is 8.68. The average molecular weight is 266 g/mol. The van der Waals surface area contributed by atoms with Crippen LogP contribution in [-0.2, 0) is 4.79 Å². The zero-order chi connectivity index (χ0) is 14.7. The molecule has 0 bridgehead atoms. The van der Waals surface area contributed by atoms with E-state index in [-0.39, 0.29) is 16.7 Å². The number of hydrogen-bond acceptors (Lipinski definition) is 2. The van der Waals surface area contributed by atoms with Gasteiger partial charge in [0.15, 0.2) is 0 Å². The number of nitrogens with two attached hydrogens (primary N) is 2. The van der Waals surface area contributed by atoms with Gasteiger partial charge in [-0.15, -0.1) is 0 Å². The predicted molar refractivity (Wildman–Crippen MR) is 80.3 cm³/mol. The summed E-state index contributed by atoms with van der Waals surface area (Å²) in [5.41, 5.74) is 13.0. The van der Waals surface area contributed by atoms with Crippen LogP contribution in [0.2, 0.25) is 0 Å². The molecule has 0 radical (unpaired) electrons. The molecule has 19 heavy (non-hydrogen) atoms. The van der Waals surface area contributed by atoms with Gasteiger partial charge in [-0.1, -0.05) is 59.8 Å². The molecule has 3 nitrogen and oxygen atoms in total. The first-order valence-electron chi connectivity index (χ1n) is 7.49. The molecule has 0 unspecified atom stereocenters. The fraction of sp³-hybridized carbons (Fsp3) is 0.812. The molecule has 110 valence electrons. The second-order valence-electron chi connectivity index (χ2n) is 7.19. The van der Waals surface area contributed by atoms with E-state index in [4.69, 9.17) is 11.5 Å². The Bertz CT molecular complexity index is 367. The Hall–Kier alpha value is -0.990. The second-order valence-corrected chi connectivity index (χ2v) is 7.19. The molecule has 0 aromatic carbocycles. The lowest BCUT2D eigenvalue weighted by molar-refractivity contribution is -0.115. The molecule has 3 heteroatoms. The number of carbonyl (C=O) groups excluding carboxylic acids is 1. The van der Waals surface area contributed by atoms with E-state index in [2.05, 4.69) is 27.7 Å². The summed E-state index contributed by atoms with van der Waals surface area (Å²) in [5, 5.41) is 0. The van der Waals surface area contributed by atoms with Gasteiger partial charge in [-0.2, -0.15) is 0 Å². The third-order valence-corrected chi connectivity index (χ3v) is 4.53. The molecule has 1 aliphatic carbocycles. The van der Waals surface area contributed by atoms with Crippen LogP contribution in [0.5, 0.6) is 0 Å². The van der Waals surface area contributed by atoms with Crippen molar-refractivity contribution in [2.24, 2.45) is 22.3 Å². The summed E-state index contributed by atoms with van der Waals surface area (Å²) >= 11 is 0. The topological polar surface area (TPSA) is 69.1 Å². The quantitative estimate of drug-likeness (QED) is 0.763. The Morgan fingerprint density at radius 2 is 1.32 bits per heavy atom. The minimum Gasteiger partial charge on any atom is -0.401 e. The normalized spacial score (nSPS) is 24.6. The molecule has 0 aromatic heterocycles. The van der Waals surface area contributed by atoms with E-state index >= 15 is 0 Å². The zero-order valence-electron chi connectivity index (χ0n) is 13.0. The molecule has 0 spiro atoms. The maximum Gasteiger partial charge on any atom is 0.246 e. The molecule has 1 rings (SSSR count). The minimum atomic E-state index is -0.352. The van der Waals surface area contributed by atoms with Gasteiger partial charge in [-0.05, 0) is 18.3 Å². The number of amides is 1. The fourth-order valence-corrected chi connectivity index (χ4v) is 3.09. The van der Waals surface area contributed by atoms with Gasteiger partial charge in [0, 0.05) is 16.7 Å². The van der Waals surface area contributed by atoms with E-state index < -0.39 is 0 Å². The summed E-state index contributed by atoms with van der Waals surface area (Å²) < 4.78 is 0. The Morgan fingerprint density at radius 3 is 1.79 bits per heavy atom. The number of allylic oxidation sites excluding steroid dienone is 1. The SMILES string of the molecule is CC1(C)CCCCCCCC(C)(C)C(C(N)=O)=C1N. The van der Waals surface area contributed by atoms with Crippen LogP contribution in [0, 0.1) is 10.8 Å². The highest BCUT2D eigenvalue weighted by atomic mass is 16.1. The minimum absolute atomic E-state index is 0.147. The monoisotopic (exact) mass is 266 g/mol. The van der Waals surface area contributed by atoms with Crippen molar-refractivity contribution in [3.63, 3.8) is 0 Å². The molecular formula is C16H30N2O. The molecule has 4 N–H and O–H groups in total. The van der Waals surface area contributed by atoms with E-state index in [0.717, 1.165) is 19.3 Å². The van der Waals surface area contributed by atoms with E-state index in [1.54, 1.807) is 0 Å². The number of rotatable bonds is 1. The first kappa shape index (κ1) is 16.1. The number of primary amides is 1. The zero-order valence-corrected chi connectivity index (χ0v) is 13.0. The van der Waals surface area contributed by atoms with Gasteiger partial charge in [0.25, 0.3) is 0 Å². The highest BCUT2D eigenvalue weighted by Crippen LogP contribution is 2.40. The van der Waals surface area contributed by atoms with Crippen molar-refractivity contribution < 1.29 is 4.79 Å². The lowest BCUT2D eigenvalue weighted by Crippen LogP contribution is -2.35. The molecule has 0 saturated heterocycles. The second kappa shape index (κ2) is 5.98. The summed E-state index contributed by atoms with van der Waals surface area (Å²) in [6, 6.07) is 0. The summed E-state index contributed by atoms with van der Waals surface area (Å²) in [6.45, 7) is 8.43. The van der Waals surface area contributed by atoms with Crippen LogP contribution in [-0.4, -0.2) is 5.91 Å². The molecule has 0 atom stereocenters. The van der Waals surface area contributed by atoms with Crippen molar-refractivity contribution in [3.8, 4) is 0 Å². The number of hydrogen-bond donors (Lipinski definition) is 2. The third-order valence-electron chi connectivity index (χ3n) is 4.53. The lowest BCUT2D eigenvalue weighted by Gasteiger charge is -2.33. The van der Waals surface area contributed by atoms with Gasteiger partial charge in [0.2, 0.25) is 5.91 Å². The van der Waals surface area contributed by atoms with E-state index in [1.165, 1.54) is 25.7 Å². The Kier molecular flexibility index (Phi) is 5.05. The Labute approximate surface area is 117 Å². The van der Waals surface area contributed by atoms with E-state index in [1.807, 2.05) is 0 Å². The smallest absolute Gasteiger partial charge is 0.246 e. The maximum absolute atomic E-state index is 11.9. The van der Waals surface area contributed by atoms with Crippen molar-refractivity contribution in [1.82, 2.24) is 0 Å².